The van der Waals surface area contributed by atoms with E-state index in [9.17, 15) is 8.78 Å². The summed E-state index contributed by atoms with van der Waals surface area (Å²) in [7, 11) is 0. The van der Waals surface area contributed by atoms with Gasteiger partial charge in [0.05, 0.1) is 0 Å². The van der Waals surface area contributed by atoms with E-state index in [1.165, 1.54) is 12.1 Å². The van der Waals surface area contributed by atoms with Crippen LogP contribution in [-0.2, 0) is 6.54 Å². The van der Waals surface area contributed by atoms with Gasteiger partial charge < -0.3 is 5.32 Å². The fourth-order valence-corrected chi connectivity index (χ4v) is 2.42. The van der Waals surface area contributed by atoms with Crippen molar-refractivity contribution < 1.29 is 8.78 Å². The van der Waals surface area contributed by atoms with Crippen LogP contribution in [0, 0.1) is 18.6 Å². The van der Waals surface area contributed by atoms with E-state index in [1.807, 2.05) is 0 Å². The molecule has 0 aliphatic rings. The first-order valence-electron chi connectivity index (χ1n) is 6.98. The maximum atomic E-state index is 14.2. The van der Waals surface area contributed by atoms with Crippen LogP contribution in [0.4, 0.5) is 8.78 Å². The molecule has 0 heterocycles. The summed E-state index contributed by atoms with van der Waals surface area (Å²) >= 11 is 6.02. The molecule has 2 aromatic rings. The Morgan fingerprint density at radius 2 is 1.81 bits per heavy atom. The summed E-state index contributed by atoms with van der Waals surface area (Å²) < 4.78 is 27.9. The summed E-state index contributed by atoms with van der Waals surface area (Å²) in [6, 6.07) is 7.69. The summed E-state index contributed by atoms with van der Waals surface area (Å²) in [6.45, 7) is 5.05. The van der Waals surface area contributed by atoms with Crippen LogP contribution in [0.15, 0.2) is 30.3 Å². The SMILES string of the molecule is CCCNCc1cc(Cl)ccc1-c1cc(F)c(C)cc1F. The Labute approximate surface area is 128 Å². The van der Waals surface area contributed by atoms with Gasteiger partial charge in [-0.1, -0.05) is 24.6 Å². The molecule has 0 radical (unpaired) electrons. The normalized spacial score (nSPS) is 10.9. The molecule has 112 valence electrons. The summed E-state index contributed by atoms with van der Waals surface area (Å²) in [5.74, 6) is -0.832. The van der Waals surface area contributed by atoms with E-state index < -0.39 is 11.6 Å². The van der Waals surface area contributed by atoms with Crippen LogP contribution in [0.3, 0.4) is 0 Å². The Bertz CT molecular complexity index is 641. The maximum absolute atomic E-state index is 14.2. The van der Waals surface area contributed by atoms with Crippen molar-refractivity contribution in [2.24, 2.45) is 0 Å². The Hall–Kier alpha value is -1.45. The highest BCUT2D eigenvalue weighted by molar-refractivity contribution is 6.30. The second-order valence-corrected chi connectivity index (χ2v) is 5.50. The molecule has 0 spiro atoms. The average Bonchev–Trinajstić information content (AvgIpc) is 2.44. The first kappa shape index (κ1) is 15.9. The van der Waals surface area contributed by atoms with Crippen molar-refractivity contribution in [2.75, 3.05) is 6.54 Å². The predicted octanol–water partition coefficient (Wildman–Crippen LogP) is 5.09. The molecule has 1 N–H and O–H groups in total. The van der Waals surface area contributed by atoms with Crippen molar-refractivity contribution in [2.45, 2.75) is 26.8 Å². The second kappa shape index (κ2) is 7.01. The maximum Gasteiger partial charge on any atom is 0.131 e. The number of hydrogen-bond donors (Lipinski definition) is 1. The Morgan fingerprint density at radius 1 is 1.05 bits per heavy atom. The van der Waals surface area contributed by atoms with Gasteiger partial charge in [-0.3, -0.25) is 0 Å². The van der Waals surface area contributed by atoms with Crippen molar-refractivity contribution >= 4 is 11.6 Å². The van der Waals surface area contributed by atoms with Gasteiger partial charge >= 0.3 is 0 Å². The van der Waals surface area contributed by atoms with E-state index in [0.717, 1.165) is 18.5 Å². The van der Waals surface area contributed by atoms with Crippen molar-refractivity contribution in [3.63, 3.8) is 0 Å². The fourth-order valence-electron chi connectivity index (χ4n) is 2.22. The van der Waals surface area contributed by atoms with Crippen LogP contribution in [0.2, 0.25) is 5.02 Å². The molecule has 0 bridgehead atoms. The summed E-state index contributed by atoms with van der Waals surface area (Å²) in [6.07, 6.45) is 1.00. The molecule has 0 saturated heterocycles. The van der Waals surface area contributed by atoms with Gasteiger partial charge in [0.1, 0.15) is 11.6 Å². The molecule has 0 aliphatic carbocycles. The molecule has 0 saturated carbocycles. The van der Waals surface area contributed by atoms with Crippen LogP contribution >= 0.6 is 11.6 Å². The second-order valence-electron chi connectivity index (χ2n) is 5.06. The number of hydrogen-bond acceptors (Lipinski definition) is 1. The number of rotatable bonds is 5. The standard InChI is InChI=1S/C17H18ClF2N/c1-3-6-21-10-12-8-13(18)4-5-14(12)15-9-16(19)11(2)7-17(15)20/h4-5,7-9,21H,3,6,10H2,1-2H3. The van der Waals surface area contributed by atoms with Gasteiger partial charge in [0.2, 0.25) is 0 Å². The molecule has 0 fully saturated rings. The van der Waals surface area contributed by atoms with Crippen LogP contribution < -0.4 is 5.32 Å². The highest BCUT2D eigenvalue weighted by Gasteiger charge is 2.13. The highest BCUT2D eigenvalue weighted by Crippen LogP contribution is 2.30. The zero-order valence-corrected chi connectivity index (χ0v) is 12.9. The first-order chi connectivity index (χ1) is 10.0. The number of aryl methyl sites for hydroxylation is 1. The van der Waals surface area contributed by atoms with Gasteiger partial charge in [0.15, 0.2) is 0 Å². The molecular weight excluding hydrogens is 292 g/mol. The number of benzene rings is 2. The lowest BCUT2D eigenvalue weighted by atomic mass is 9.97. The molecule has 1 nitrogen and oxygen atoms in total. The Kier molecular flexibility index (Phi) is 5.32. The minimum atomic E-state index is -0.423. The van der Waals surface area contributed by atoms with Crippen molar-refractivity contribution in [3.05, 3.63) is 58.1 Å². The van der Waals surface area contributed by atoms with Gasteiger partial charge in [-0.05, 0) is 60.8 Å². The Balaban J connectivity index is 2.45. The molecule has 0 unspecified atom stereocenters. The summed E-state index contributed by atoms with van der Waals surface area (Å²) in [4.78, 5) is 0. The van der Waals surface area contributed by atoms with Crippen molar-refractivity contribution in [3.8, 4) is 11.1 Å². The van der Waals surface area contributed by atoms with E-state index in [4.69, 9.17) is 11.6 Å². The van der Waals surface area contributed by atoms with E-state index >= 15 is 0 Å². The van der Waals surface area contributed by atoms with Gasteiger partial charge in [-0.25, -0.2) is 8.78 Å². The van der Waals surface area contributed by atoms with Crippen molar-refractivity contribution in [1.29, 1.82) is 0 Å². The quantitative estimate of drug-likeness (QED) is 0.758. The lowest BCUT2D eigenvalue weighted by Gasteiger charge is -2.13. The molecule has 0 aliphatic heterocycles. The molecule has 0 aromatic heterocycles. The van der Waals surface area contributed by atoms with E-state index in [2.05, 4.69) is 12.2 Å². The highest BCUT2D eigenvalue weighted by atomic mass is 35.5. The monoisotopic (exact) mass is 309 g/mol. The predicted molar refractivity (Wildman–Crippen MR) is 83.5 cm³/mol. The lowest BCUT2D eigenvalue weighted by Crippen LogP contribution is -2.14. The third kappa shape index (κ3) is 3.80. The Morgan fingerprint density at radius 3 is 2.52 bits per heavy atom. The smallest absolute Gasteiger partial charge is 0.131 e. The van der Waals surface area contributed by atoms with Crippen LogP contribution in [0.25, 0.3) is 11.1 Å². The summed E-state index contributed by atoms with van der Waals surface area (Å²) in [5, 5.41) is 3.84. The lowest BCUT2D eigenvalue weighted by molar-refractivity contribution is 0.595. The van der Waals surface area contributed by atoms with Gasteiger partial charge in [-0.2, -0.15) is 0 Å². The topological polar surface area (TPSA) is 12.0 Å². The van der Waals surface area contributed by atoms with Gasteiger partial charge in [0, 0.05) is 17.1 Å². The van der Waals surface area contributed by atoms with Gasteiger partial charge in [-0.15, -0.1) is 0 Å². The third-order valence-electron chi connectivity index (χ3n) is 3.35. The molecule has 2 aromatic carbocycles. The number of nitrogens with one attached hydrogen (secondary N) is 1. The minimum Gasteiger partial charge on any atom is -0.313 e. The zero-order valence-electron chi connectivity index (χ0n) is 12.1. The minimum absolute atomic E-state index is 0.267. The third-order valence-corrected chi connectivity index (χ3v) is 3.58. The molecular formula is C17H18ClF2N. The molecule has 0 atom stereocenters. The molecule has 4 heteroatoms. The number of halogens is 3. The molecule has 2 rings (SSSR count). The molecule has 0 amide bonds. The summed E-state index contributed by atoms with van der Waals surface area (Å²) in [5.41, 5.74) is 2.09. The zero-order chi connectivity index (χ0) is 15.4. The van der Waals surface area contributed by atoms with Crippen LogP contribution in [-0.4, -0.2) is 6.54 Å². The average molecular weight is 310 g/mol. The van der Waals surface area contributed by atoms with E-state index in [0.29, 0.717) is 22.7 Å². The van der Waals surface area contributed by atoms with Crippen LogP contribution in [0.5, 0.6) is 0 Å². The van der Waals surface area contributed by atoms with E-state index in [1.54, 1.807) is 25.1 Å². The largest absolute Gasteiger partial charge is 0.313 e. The fraction of sp³-hybridized carbons (Fsp3) is 0.294. The first-order valence-corrected chi connectivity index (χ1v) is 7.36. The van der Waals surface area contributed by atoms with Gasteiger partial charge in [0.25, 0.3) is 0 Å². The van der Waals surface area contributed by atoms with Crippen LogP contribution in [0.1, 0.15) is 24.5 Å². The van der Waals surface area contributed by atoms with E-state index in [-0.39, 0.29) is 5.56 Å². The van der Waals surface area contributed by atoms with Crippen molar-refractivity contribution in [1.82, 2.24) is 5.32 Å². The molecule has 21 heavy (non-hydrogen) atoms.